The van der Waals surface area contributed by atoms with Crippen molar-refractivity contribution in [2.24, 2.45) is 5.84 Å². The Morgan fingerprint density at radius 1 is 1.33 bits per heavy atom. The van der Waals surface area contributed by atoms with E-state index in [2.05, 4.69) is 59.8 Å². The maximum Gasteiger partial charge on any atom is 0.241 e. The van der Waals surface area contributed by atoms with Gasteiger partial charge in [0.15, 0.2) is 5.65 Å². The lowest BCUT2D eigenvalue weighted by atomic mass is 10.1. The van der Waals surface area contributed by atoms with E-state index in [1.807, 2.05) is 12.1 Å². The summed E-state index contributed by atoms with van der Waals surface area (Å²) in [7, 11) is 0. The lowest BCUT2D eigenvalue weighted by molar-refractivity contribution is 1.08. The van der Waals surface area contributed by atoms with E-state index < -0.39 is 0 Å². The predicted octanol–water partition coefficient (Wildman–Crippen LogP) is 2.71. The SMILES string of the molecule is CCc1cc(Br)ccc1Nc1nc(NN)nc2[nH]ncc12. The number of hydrazine groups is 1. The number of fused-ring (bicyclic) bond motifs is 1. The van der Waals surface area contributed by atoms with Crippen LogP contribution in [0.25, 0.3) is 11.0 Å². The molecule has 2 heterocycles. The Bertz CT molecular complexity index is 783. The van der Waals surface area contributed by atoms with Crippen LogP contribution in [-0.4, -0.2) is 20.2 Å². The average Bonchev–Trinajstić information content (AvgIpc) is 2.97. The van der Waals surface area contributed by atoms with E-state index in [1.165, 1.54) is 5.56 Å². The van der Waals surface area contributed by atoms with Gasteiger partial charge < -0.3 is 5.32 Å². The van der Waals surface area contributed by atoms with Gasteiger partial charge in [-0.05, 0) is 30.2 Å². The molecule has 5 N–H and O–H groups in total. The lowest BCUT2D eigenvalue weighted by Crippen LogP contribution is -2.11. The van der Waals surface area contributed by atoms with Gasteiger partial charge in [0.2, 0.25) is 5.95 Å². The van der Waals surface area contributed by atoms with Crippen LogP contribution in [0, 0.1) is 0 Å². The molecule has 0 aliphatic heterocycles. The Morgan fingerprint density at radius 3 is 2.95 bits per heavy atom. The van der Waals surface area contributed by atoms with E-state index in [9.17, 15) is 0 Å². The van der Waals surface area contributed by atoms with Gasteiger partial charge >= 0.3 is 0 Å². The molecule has 0 bridgehead atoms. The topological polar surface area (TPSA) is 105 Å². The molecule has 1 aromatic carbocycles. The zero-order valence-electron chi connectivity index (χ0n) is 11.3. The Kier molecular flexibility index (Phi) is 3.72. The molecule has 0 spiro atoms. The van der Waals surface area contributed by atoms with Gasteiger partial charge in [-0.25, -0.2) is 5.84 Å². The molecule has 108 valence electrons. The molecule has 3 aromatic rings. The van der Waals surface area contributed by atoms with Crippen molar-refractivity contribution in [2.75, 3.05) is 10.7 Å². The first kappa shape index (κ1) is 13.8. The number of hydrogen-bond donors (Lipinski definition) is 4. The van der Waals surface area contributed by atoms with Crippen LogP contribution in [-0.2, 0) is 6.42 Å². The predicted molar refractivity (Wildman–Crippen MR) is 86.3 cm³/mol. The van der Waals surface area contributed by atoms with Crippen molar-refractivity contribution in [2.45, 2.75) is 13.3 Å². The molecule has 0 radical (unpaired) electrons. The molecule has 0 aliphatic rings. The van der Waals surface area contributed by atoms with E-state index in [4.69, 9.17) is 5.84 Å². The Morgan fingerprint density at radius 2 is 2.19 bits per heavy atom. The van der Waals surface area contributed by atoms with Crippen molar-refractivity contribution >= 4 is 44.4 Å². The van der Waals surface area contributed by atoms with Crippen LogP contribution in [0.2, 0.25) is 0 Å². The van der Waals surface area contributed by atoms with Gasteiger partial charge in [0.1, 0.15) is 5.82 Å². The van der Waals surface area contributed by atoms with Crippen molar-refractivity contribution in [1.82, 2.24) is 20.2 Å². The van der Waals surface area contributed by atoms with Gasteiger partial charge in [-0.1, -0.05) is 22.9 Å². The quantitative estimate of drug-likeness (QED) is 0.427. The Labute approximate surface area is 129 Å². The van der Waals surface area contributed by atoms with Gasteiger partial charge in [0.25, 0.3) is 0 Å². The van der Waals surface area contributed by atoms with Gasteiger partial charge in [-0.2, -0.15) is 15.1 Å². The highest BCUT2D eigenvalue weighted by Crippen LogP contribution is 2.27. The fourth-order valence-electron chi connectivity index (χ4n) is 2.10. The zero-order chi connectivity index (χ0) is 14.8. The van der Waals surface area contributed by atoms with E-state index in [0.29, 0.717) is 17.4 Å². The molecule has 0 unspecified atom stereocenters. The molecule has 8 heteroatoms. The van der Waals surface area contributed by atoms with Crippen LogP contribution in [0.5, 0.6) is 0 Å². The number of anilines is 3. The number of benzene rings is 1. The first-order valence-electron chi connectivity index (χ1n) is 6.44. The number of aromatic nitrogens is 4. The smallest absolute Gasteiger partial charge is 0.241 e. The van der Waals surface area contributed by atoms with Crippen molar-refractivity contribution < 1.29 is 0 Å². The van der Waals surface area contributed by atoms with Crippen LogP contribution in [0.4, 0.5) is 17.5 Å². The molecule has 3 rings (SSSR count). The number of nitrogens with zero attached hydrogens (tertiary/aromatic N) is 3. The largest absolute Gasteiger partial charge is 0.339 e. The number of hydrogen-bond acceptors (Lipinski definition) is 6. The summed E-state index contributed by atoms with van der Waals surface area (Å²) in [6, 6.07) is 6.07. The number of nitrogens with two attached hydrogens (primary N) is 1. The zero-order valence-corrected chi connectivity index (χ0v) is 12.9. The van der Waals surface area contributed by atoms with E-state index in [1.54, 1.807) is 6.20 Å². The molecule has 0 atom stereocenters. The van der Waals surface area contributed by atoms with Crippen LogP contribution < -0.4 is 16.6 Å². The molecule has 0 saturated carbocycles. The molecule has 0 saturated heterocycles. The standard InChI is InChI=1S/C13H14BrN7/c1-2-7-5-8(14)3-4-10(7)17-11-9-6-16-21-12(9)19-13(18-11)20-15/h3-6H,2,15H2,1H3,(H3,16,17,18,19,20,21). The summed E-state index contributed by atoms with van der Waals surface area (Å²) in [4.78, 5) is 8.55. The van der Waals surface area contributed by atoms with Crippen molar-refractivity contribution in [3.63, 3.8) is 0 Å². The summed E-state index contributed by atoms with van der Waals surface area (Å²) < 4.78 is 1.05. The Balaban J connectivity index is 2.07. The lowest BCUT2D eigenvalue weighted by Gasteiger charge is -2.12. The van der Waals surface area contributed by atoms with E-state index in [-0.39, 0.29) is 0 Å². The second-order valence-electron chi connectivity index (χ2n) is 4.45. The highest BCUT2D eigenvalue weighted by atomic mass is 79.9. The molecule has 7 nitrogen and oxygen atoms in total. The number of rotatable bonds is 4. The second kappa shape index (κ2) is 5.66. The summed E-state index contributed by atoms with van der Waals surface area (Å²) in [5, 5.41) is 10.9. The van der Waals surface area contributed by atoms with Crippen LogP contribution in [0.15, 0.2) is 28.9 Å². The maximum atomic E-state index is 5.40. The number of H-pyrrole nitrogens is 1. The van der Waals surface area contributed by atoms with Gasteiger partial charge in [-0.3, -0.25) is 10.5 Å². The van der Waals surface area contributed by atoms with Crippen LogP contribution >= 0.6 is 15.9 Å². The van der Waals surface area contributed by atoms with Gasteiger partial charge in [-0.15, -0.1) is 0 Å². The third-order valence-electron chi connectivity index (χ3n) is 3.14. The highest BCUT2D eigenvalue weighted by Gasteiger charge is 2.11. The first-order valence-corrected chi connectivity index (χ1v) is 7.23. The van der Waals surface area contributed by atoms with Crippen molar-refractivity contribution in [3.8, 4) is 0 Å². The second-order valence-corrected chi connectivity index (χ2v) is 5.37. The fraction of sp³-hybridized carbons (Fsp3) is 0.154. The summed E-state index contributed by atoms with van der Waals surface area (Å²) in [5.74, 6) is 6.38. The minimum Gasteiger partial charge on any atom is -0.339 e. The van der Waals surface area contributed by atoms with Crippen LogP contribution in [0.1, 0.15) is 12.5 Å². The first-order chi connectivity index (χ1) is 10.2. The molecule has 0 fully saturated rings. The molecule has 0 aliphatic carbocycles. The maximum absolute atomic E-state index is 5.40. The average molecular weight is 348 g/mol. The number of aryl methyl sites for hydroxylation is 1. The summed E-state index contributed by atoms with van der Waals surface area (Å²) in [6.07, 6.45) is 2.59. The fourth-order valence-corrected chi connectivity index (χ4v) is 2.51. The highest BCUT2D eigenvalue weighted by molar-refractivity contribution is 9.10. The minimum absolute atomic E-state index is 0.324. The van der Waals surface area contributed by atoms with Crippen LogP contribution in [0.3, 0.4) is 0 Å². The third-order valence-corrected chi connectivity index (χ3v) is 3.63. The van der Waals surface area contributed by atoms with E-state index >= 15 is 0 Å². The Hall–Kier alpha value is -2.19. The number of halogens is 1. The molecular weight excluding hydrogens is 334 g/mol. The van der Waals surface area contributed by atoms with Crippen molar-refractivity contribution in [1.29, 1.82) is 0 Å². The molecule has 21 heavy (non-hydrogen) atoms. The van der Waals surface area contributed by atoms with Gasteiger partial charge in [0, 0.05) is 10.2 Å². The van der Waals surface area contributed by atoms with E-state index in [0.717, 1.165) is 22.0 Å². The minimum atomic E-state index is 0.324. The van der Waals surface area contributed by atoms with Crippen molar-refractivity contribution in [3.05, 3.63) is 34.4 Å². The summed E-state index contributed by atoms with van der Waals surface area (Å²) >= 11 is 3.48. The number of nitrogens with one attached hydrogen (secondary N) is 3. The summed E-state index contributed by atoms with van der Waals surface area (Å²) in [5.41, 5.74) is 5.25. The number of nitrogen functional groups attached to an aromatic ring is 1. The molecule has 2 aromatic heterocycles. The normalized spacial score (nSPS) is 10.8. The monoisotopic (exact) mass is 347 g/mol. The third kappa shape index (κ3) is 2.67. The number of aromatic amines is 1. The molecule has 0 amide bonds. The summed E-state index contributed by atoms with van der Waals surface area (Å²) in [6.45, 7) is 2.10. The van der Waals surface area contributed by atoms with Gasteiger partial charge in [0.05, 0.1) is 11.6 Å². The molecular formula is C13H14BrN7.